The molecule has 24 heavy (non-hydrogen) atoms. The maximum absolute atomic E-state index is 5.69. The van der Waals surface area contributed by atoms with Crippen LogP contribution in [0.3, 0.4) is 0 Å². The summed E-state index contributed by atoms with van der Waals surface area (Å²) >= 11 is 0. The molecule has 0 spiro atoms. The van der Waals surface area contributed by atoms with Crippen LogP contribution in [0.1, 0.15) is 51.0 Å². The lowest BCUT2D eigenvalue weighted by molar-refractivity contribution is 0.105. The van der Waals surface area contributed by atoms with Crippen molar-refractivity contribution in [3.8, 4) is 0 Å². The first kappa shape index (κ1) is 17.3. The highest BCUT2D eigenvalue weighted by atomic mass is 16.5. The third kappa shape index (κ3) is 4.29. The van der Waals surface area contributed by atoms with E-state index in [-0.39, 0.29) is 5.41 Å². The van der Waals surface area contributed by atoms with Gasteiger partial charge in [-0.3, -0.25) is 4.99 Å². The van der Waals surface area contributed by atoms with Crippen molar-refractivity contribution in [2.45, 2.75) is 57.0 Å². The van der Waals surface area contributed by atoms with Gasteiger partial charge in [-0.1, -0.05) is 36.8 Å². The zero-order chi connectivity index (χ0) is 16.7. The molecule has 1 aromatic rings. The van der Waals surface area contributed by atoms with Gasteiger partial charge in [0.1, 0.15) is 0 Å². The van der Waals surface area contributed by atoms with Gasteiger partial charge in [0.05, 0.1) is 12.6 Å². The van der Waals surface area contributed by atoms with Gasteiger partial charge in [0.2, 0.25) is 0 Å². The van der Waals surface area contributed by atoms with Crippen LogP contribution >= 0.6 is 0 Å². The van der Waals surface area contributed by atoms with E-state index in [1.54, 1.807) is 0 Å². The summed E-state index contributed by atoms with van der Waals surface area (Å²) in [5.74, 6) is 0.942. The first-order valence-electron chi connectivity index (χ1n) is 9.52. The van der Waals surface area contributed by atoms with Gasteiger partial charge >= 0.3 is 0 Å². The highest BCUT2D eigenvalue weighted by molar-refractivity contribution is 5.79. The van der Waals surface area contributed by atoms with Crippen LogP contribution < -0.4 is 10.6 Å². The zero-order valence-corrected chi connectivity index (χ0v) is 14.9. The Morgan fingerprint density at radius 2 is 2.04 bits per heavy atom. The Labute approximate surface area is 146 Å². The Hall–Kier alpha value is -1.55. The van der Waals surface area contributed by atoms with Gasteiger partial charge in [0, 0.05) is 25.1 Å². The van der Waals surface area contributed by atoms with Crippen molar-refractivity contribution >= 4 is 5.96 Å². The van der Waals surface area contributed by atoms with Crippen LogP contribution in [0.2, 0.25) is 0 Å². The summed E-state index contributed by atoms with van der Waals surface area (Å²) in [4.78, 5) is 4.90. The molecule has 1 atom stereocenters. The molecule has 1 saturated heterocycles. The third-order valence-corrected chi connectivity index (χ3v) is 5.36. The molecule has 2 fully saturated rings. The average molecular weight is 329 g/mol. The minimum atomic E-state index is 0.248. The van der Waals surface area contributed by atoms with E-state index < -0.39 is 0 Å². The lowest BCUT2D eigenvalue weighted by Gasteiger charge is -2.41. The number of nitrogens with zero attached hydrogens (tertiary/aromatic N) is 1. The van der Waals surface area contributed by atoms with Crippen LogP contribution in [0.25, 0.3) is 0 Å². The number of hydrogen-bond donors (Lipinski definition) is 2. The second kappa shape index (κ2) is 8.52. The monoisotopic (exact) mass is 329 g/mol. The molecule has 4 nitrogen and oxygen atoms in total. The summed E-state index contributed by atoms with van der Waals surface area (Å²) in [6.45, 7) is 5.73. The third-order valence-electron chi connectivity index (χ3n) is 5.36. The van der Waals surface area contributed by atoms with Crippen LogP contribution in [0, 0.1) is 0 Å². The second-order valence-corrected chi connectivity index (χ2v) is 7.05. The van der Waals surface area contributed by atoms with Gasteiger partial charge in [-0.05, 0) is 44.6 Å². The number of hydrogen-bond acceptors (Lipinski definition) is 2. The van der Waals surface area contributed by atoms with Crippen LogP contribution in [-0.2, 0) is 10.2 Å². The molecule has 1 aliphatic carbocycles. The molecule has 0 aromatic heterocycles. The van der Waals surface area contributed by atoms with E-state index in [1.807, 2.05) is 0 Å². The fourth-order valence-electron chi connectivity index (χ4n) is 3.73. The molecule has 132 valence electrons. The van der Waals surface area contributed by atoms with E-state index in [0.29, 0.717) is 6.10 Å². The Bertz CT molecular complexity index is 519. The van der Waals surface area contributed by atoms with E-state index in [0.717, 1.165) is 38.6 Å². The summed E-state index contributed by atoms with van der Waals surface area (Å²) in [6, 6.07) is 10.9. The van der Waals surface area contributed by atoms with E-state index in [4.69, 9.17) is 9.73 Å². The van der Waals surface area contributed by atoms with Gasteiger partial charge in [0.25, 0.3) is 0 Å². The Kier molecular flexibility index (Phi) is 6.13. The molecule has 1 saturated carbocycles. The highest BCUT2D eigenvalue weighted by Gasteiger charge is 2.38. The van der Waals surface area contributed by atoms with Crippen LogP contribution in [0.15, 0.2) is 35.3 Å². The predicted molar refractivity (Wildman–Crippen MR) is 99.5 cm³/mol. The number of nitrogens with one attached hydrogen (secondary N) is 2. The van der Waals surface area contributed by atoms with Crippen molar-refractivity contribution in [3.05, 3.63) is 35.9 Å². The molecule has 2 aliphatic rings. The van der Waals surface area contributed by atoms with Crippen LogP contribution in [0.5, 0.6) is 0 Å². The SMILES string of the molecule is CCNC(=NCC1(c2ccccc2)CCC1)NCCC1CCCO1. The smallest absolute Gasteiger partial charge is 0.191 e. The molecule has 2 N–H and O–H groups in total. The van der Waals surface area contributed by atoms with Crippen LogP contribution in [0.4, 0.5) is 0 Å². The Morgan fingerprint density at radius 3 is 2.67 bits per heavy atom. The average Bonchev–Trinajstić information content (AvgIpc) is 3.08. The van der Waals surface area contributed by atoms with Gasteiger partial charge < -0.3 is 15.4 Å². The maximum atomic E-state index is 5.69. The van der Waals surface area contributed by atoms with E-state index >= 15 is 0 Å². The van der Waals surface area contributed by atoms with Gasteiger partial charge in [-0.15, -0.1) is 0 Å². The topological polar surface area (TPSA) is 45.7 Å². The summed E-state index contributed by atoms with van der Waals surface area (Å²) in [5, 5.41) is 6.86. The first-order valence-corrected chi connectivity index (χ1v) is 9.52. The Balaban J connectivity index is 1.56. The molecule has 1 unspecified atom stereocenters. The molecule has 3 rings (SSSR count). The van der Waals surface area contributed by atoms with Gasteiger partial charge in [0.15, 0.2) is 5.96 Å². The van der Waals surface area contributed by atoms with Crippen molar-refractivity contribution in [2.75, 3.05) is 26.2 Å². The summed E-state index contributed by atoms with van der Waals surface area (Å²) in [6.07, 6.45) is 7.71. The quantitative estimate of drug-likeness (QED) is 0.596. The normalized spacial score (nSPS) is 22.9. The summed E-state index contributed by atoms with van der Waals surface area (Å²) in [5.41, 5.74) is 1.69. The minimum absolute atomic E-state index is 0.248. The van der Waals surface area contributed by atoms with Gasteiger partial charge in [-0.2, -0.15) is 0 Å². The van der Waals surface area contributed by atoms with Crippen molar-refractivity contribution in [3.63, 3.8) is 0 Å². The molecule has 1 aliphatic heterocycles. The number of aliphatic imine (C=N–C) groups is 1. The van der Waals surface area contributed by atoms with Gasteiger partial charge in [-0.25, -0.2) is 0 Å². The molecular formula is C20H31N3O. The number of benzene rings is 1. The highest BCUT2D eigenvalue weighted by Crippen LogP contribution is 2.43. The fourth-order valence-corrected chi connectivity index (χ4v) is 3.73. The molecule has 1 heterocycles. The zero-order valence-electron chi connectivity index (χ0n) is 14.9. The molecule has 4 heteroatoms. The number of guanidine groups is 1. The summed E-state index contributed by atoms with van der Waals surface area (Å²) < 4.78 is 5.69. The number of ether oxygens (including phenoxy) is 1. The molecule has 0 radical (unpaired) electrons. The maximum Gasteiger partial charge on any atom is 0.191 e. The van der Waals surface area contributed by atoms with Crippen LogP contribution in [-0.4, -0.2) is 38.3 Å². The predicted octanol–water partition coefficient (Wildman–Crippen LogP) is 3.23. The van der Waals surface area contributed by atoms with Crippen molar-refractivity contribution in [1.82, 2.24) is 10.6 Å². The summed E-state index contributed by atoms with van der Waals surface area (Å²) in [7, 11) is 0. The number of rotatable bonds is 7. The first-order chi connectivity index (χ1) is 11.8. The largest absolute Gasteiger partial charge is 0.378 e. The lowest BCUT2D eigenvalue weighted by atomic mass is 9.64. The molecule has 0 amide bonds. The minimum Gasteiger partial charge on any atom is -0.378 e. The standard InChI is InChI=1S/C20H31N3O/c1-2-21-19(22-14-11-18-10-6-15-24-18)23-16-20(12-7-13-20)17-8-4-3-5-9-17/h3-5,8-9,18H,2,6-7,10-16H2,1H3,(H2,21,22,23). The fraction of sp³-hybridized carbons (Fsp3) is 0.650. The van der Waals surface area contributed by atoms with E-state index in [9.17, 15) is 0 Å². The molecule has 1 aromatic carbocycles. The van der Waals surface area contributed by atoms with E-state index in [2.05, 4.69) is 47.9 Å². The molecule has 0 bridgehead atoms. The van der Waals surface area contributed by atoms with Crippen molar-refractivity contribution in [2.24, 2.45) is 4.99 Å². The lowest BCUT2D eigenvalue weighted by Crippen LogP contribution is -2.42. The Morgan fingerprint density at radius 1 is 1.21 bits per heavy atom. The van der Waals surface area contributed by atoms with Crippen molar-refractivity contribution in [1.29, 1.82) is 0 Å². The molecular weight excluding hydrogens is 298 g/mol. The van der Waals surface area contributed by atoms with Crippen molar-refractivity contribution < 1.29 is 4.74 Å². The second-order valence-electron chi connectivity index (χ2n) is 7.05. The van der Waals surface area contributed by atoms with E-state index in [1.165, 1.54) is 37.7 Å².